The third-order valence-electron chi connectivity index (χ3n) is 4.07. The highest BCUT2D eigenvalue weighted by Crippen LogP contribution is 2.39. The van der Waals surface area contributed by atoms with E-state index in [9.17, 15) is 0 Å². The Bertz CT molecular complexity index is 596. The SMILES string of the molecule is CCNC(=NCCNC(C)(C)C)NC1CC(C)(C)Oc2ccccc21.I. The molecule has 1 aliphatic rings. The van der Waals surface area contributed by atoms with Crippen molar-refractivity contribution in [2.75, 3.05) is 19.6 Å². The van der Waals surface area contributed by atoms with Crippen LogP contribution in [-0.4, -0.2) is 36.7 Å². The fourth-order valence-corrected chi connectivity index (χ4v) is 3.01. The molecule has 0 saturated carbocycles. The Kier molecular flexibility index (Phi) is 8.66. The summed E-state index contributed by atoms with van der Waals surface area (Å²) < 4.78 is 6.12. The van der Waals surface area contributed by atoms with Gasteiger partial charge in [0.05, 0.1) is 12.6 Å². The van der Waals surface area contributed by atoms with Crippen molar-refractivity contribution in [3.05, 3.63) is 29.8 Å². The van der Waals surface area contributed by atoms with Gasteiger partial charge in [-0.2, -0.15) is 0 Å². The molecule has 0 amide bonds. The van der Waals surface area contributed by atoms with Crippen molar-refractivity contribution < 1.29 is 4.74 Å². The van der Waals surface area contributed by atoms with Crippen LogP contribution in [0, 0.1) is 0 Å². The van der Waals surface area contributed by atoms with E-state index in [1.165, 1.54) is 5.56 Å². The van der Waals surface area contributed by atoms with E-state index < -0.39 is 0 Å². The summed E-state index contributed by atoms with van der Waals surface area (Å²) in [6.45, 7) is 15.3. The van der Waals surface area contributed by atoms with Gasteiger partial charge in [-0.25, -0.2) is 0 Å². The van der Waals surface area contributed by atoms with Crippen LogP contribution in [0.1, 0.15) is 59.6 Å². The molecule has 0 fully saturated rings. The van der Waals surface area contributed by atoms with E-state index in [2.05, 4.69) is 69.6 Å². The second-order valence-electron chi connectivity index (χ2n) is 8.24. The van der Waals surface area contributed by atoms with E-state index in [-0.39, 0.29) is 41.2 Å². The number of fused-ring (bicyclic) bond motifs is 1. The van der Waals surface area contributed by atoms with Gasteiger partial charge in [0.1, 0.15) is 11.4 Å². The molecule has 1 aliphatic heterocycles. The molecule has 26 heavy (non-hydrogen) atoms. The van der Waals surface area contributed by atoms with Crippen LogP contribution >= 0.6 is 24.0 Å². The molecule has 1 unspecified atom stereocenters. The Labute approximate surface area is 175 Å². The van der Waals surface area contributed by atoms with Gasteiger partial charge in [0.2, 0.25) is 0 Å². The zero-order chi connectivity index (χ0) is 18.5. The molecule has 0 radical (unpaired) electrons. The van der Waals surface area contributed by atoms with Gasteiger partial charge in [-0.15, -0.1) is 24.0 Å². The van der Waals surface area contributed by atoms with Gasteiger partial charge >= 0.3 is 0 Å². The third-order valence-corrected chi connectivity index (χ3v) is 4.07. The van der Waals surface area contributed by atoms with E-state index in [1.54, 1.807) is 0 Å². The summed E-state index contributed by atoms with van der Waals surface area (Å²) in [6, 6.07) is 8.45. The van der Waals surface area contributed by atoms with Crippen LogP contribution < -0.4 is 20.7 Å². The van der Waals surface area contributed by atoms with Crippen LogP contribution in [0.15, 0.2) is 29.3 Å². The highest BCUT2D eigenvalue weighted by atomic mass is 127. The summed E-state index contributed by atoms with van der Waals surface area (Å²) in [7, 11) is 0. The molecule has 1 aromatic carbocycles. The molecule has 148 valence electrons. The lowest BCUT2D eigenvalue weighted by molar-refractivity contribution is 0.0694. The average Bonchev–Trinajstić information content (AvgIpc) is 2.49. The van der Waals surface area contributed by atoms with Crippen molar-refractivity contribution in [2.24, 2.45) is 4.99 Å². The minimum absolute atomic E-state index is 0. The van der Waals surface area contributed by atoms with Gasteiger partial charge in [-0.05, 0) is 47.6 Å². The lowest BCUT2D eigenvalue weighted by Crippen LogP contribution is -2.45. The zero-order valence-electron chi connectivity index (χ0n) is 17.0. The van der Waals surface area contributed by atoms with Crippen molar-refractivity contribution in [3.8, 4) is 5.75 Å². The maximum atomic E-state index is 6.12. The molecular formula is C20H35IN4O. The molecule has 6 heteroatoms. The molecule has 1 aromatic rings. The molecule has 5 nitrogen and oxygen atoms in total. The number of benzene rings is 1. The van der Waals surface area contributed by atoms with Crippen molar-refractivity contribution in [1.82, 2.24) is 16.0 Å². The highest BCUT2D eigenvalue weighted by molar-refractivity contribution is 14.0. The zero-order valence-corrected chi connectivity index (χ0v) is 19.3. The Morgan fingerprint density at radius 2 is 1.96 bits per heavy atom. The quantitative estimate of drug-likeness (QED) is 0.263. The standard InChI is InChI=1S/C20H34N4O.HI/c1-7-21-18(22-12-13-23-19(2,3)4)24-16-14-20(5,6)25-17-11-9-8-10-15(16)17;/h8-11,16,23H,7,12-14H2,1-6H3,(H2,21,22,24);1H. The fraction of sp³-hybridized carbons (Fsp3) is 0.650. The monoisotopic (exact) mass is 474 g/mol. The Morgan fingerprint density at radius 3 is 2.62 bits per heavy atom. The Hall–Kier alpha value is -1.02. The van der Waals surface area contributed by atoms with E-state index in [0.717, 1.165) is 37.8 Å². The first kappa shape index (κ1) is 23.0. The predicted octanol–water partition coefficient (Wildman–Crippen LogP) is 3.85. The lowest BCUT2D eigenvalue weighted by Gasteiger charge is -2.38. The summed E-state index contributed by atoms with van der Waals surface area (Å²) in [6.07, 6.45) is 0.897. The fourth-order valence-electron chi connectivity index (χ4n) is 3.01. The molecule has 0 aliphatic carbocycles. The van der Waals surface area contributed by atoms with Crippen LogP contribution in [0.4, 0.5) is 0 Å². The first-order valence-electron chi connectivity index (χ1n) is 9.28. The first-order valence-corrected chi connectivity index (χ1v) is 9.28. The second kappa shape index (κ2) is 9.78. The van der Waals surface area contributed by atoms with Crippen molar-refractivity contribution in [1.29, 1.82) is 0 Å². The molecular weight excluding hydrogens is 439 g/mol. The molecule has 0 aromatic heterocycles. The number of aliphatic imine (C=N–C) groups is 1. The summed E-state index contributed by atoms with van der Waals surface area (Å²) in [4.78, 5) is 4.72. The molecule has 0 bridgehead atoms. The van der Waals surface area contributed by atoms with Gasteiger partial charge in [-0.3, -0.25) is 4.99 Å². The molecule has 0 saturated heterocycles. The first-order chi connectivity index (χ1) is 11.7. The largest absolute Gasteiger partial charge is 0.487 e. The van der Waals surface area contributed by atoms with Gasteiger partial charge < -0.3 is 20.7 Å². The molecule has 2 rings (SSSR count). The molecule has 3 N–H and O–H groups in total. The average molecular weight is 474 g/mol. The number of halogens is 1. The number of ether oxygens (including phenoxy) is 1. The normalized spacial score (nSPS) is 19.0. The minimum atomic E-state index is -0.197. The van der Waals surface area contributed by atoms with Crippen molar-refractivity contribution in [2.45, 2.75) is 65.1 Å². The van der Waals surface area contributed by atoms with Crippen LogP contribution in [0.5, 0.6) is 5.75 Å². The van der Waals surface area contributed by atoms with Gasteiger partial charge in [-0.1, -0.05) is 18.2 Å². The maximum Gasteiger partial charge on any atom is 0.191 e. The highest BCUT2D eigenvalue weighted by Gasteiger charge is 2.33. The topological polar surface area (TPSA) is 57.7 Å². The third kappa shape index (κ3) is 7.31. The summed E-state index contributed by atoms with van der Waals surface area (Å²) >= 11 is 0. The number of para-hydroxylation sites is 1. The number of hydrogen-bond acceptors (Lipinski definition) is 3. The lowest BCUT2D eigenvalue weighted by atomic mass is 9.90. The summed E-state index contributed by atoms with van der Waals surface area (Å²) in [5.74, 6) is 1.82. The van der Waals surface area contributed by atoms with Gasteiger partial charge in [0.25, 0.3) is 0 Å². The van der Waals surface area contributed by atoms with Crippen molar-refractivity contribution in [3.63, 3.8) is 0 Å². The van der Waals surface area contributed by atoms with E-state index >= 15 is 0 Å². The van der Waals surface area contributed by atoms with E-state index in [1.807, 2.05) is 12.1 Å². The maximum absolute atomic E-state index is 6.12. The smallest absolute Gasteiger partial charge is 0.191 e. The Balaban J connectivity index is 0.00000338. The summed E-state index contributed by atoms with van der Waals surface area (Å²) in [5.41, 5.74) is 1.11. The van der Waals surface area contributed by atoms with Crippen LogP contribution in [-0.2, 0) is 0 Å². The number of rotatable bonds is 5. The number of guanidine groups is 1. The number of nitrogens with one attached hydrogen (secondary N) is 3. The minimum Gasteiger partial charge on any atom is -0.487 e. The predicted molar refractivity (Wildman–Crippen MR) is 121 cm³/mol. The van der Waals surface area contributed by atoms with E-state index in [4.69, 9.17) is 9.73 Å². The summed E-state index contributed by atoms with van der Waals surface area (Å²) in [5, 5.41) is 10.4. The molecule has 1 heterocycles. The second-order valence-corrected chi connectivity index (χ2v) is 8.24. The van der Waals surface area contributed by atoms with E-state index in [0.29, 0.717) is 0 Å². The van der Waals surface area contributed by atoms with Crippen LogP contribution in [0.2, 0.25) is 0 Å². The van der Waals surface area contributed by atoms with Gasteiger partial charge in [0.15, 0.2) is 5.96 Å². The van der Waals surface area contributed by atoms with Crippen LogP contribution in [0.25, 0.3) is 0 Å². The van der Waals surface area contributed by atoms with Gasteiger partial charge in [0, 0.05) is 30.6 Å². The molecule has 0 spiro atoms. The number of hydrogen-bond donors (Lipinski definition) is 3. The number of nitrogens with zero attached hydrogens (tertiary/aromatic N) is 1. The van der Waals surface area contributed by atoms with Crippen molar-refractivity contribution >= 4 is 29.9 Å². The Morgan fingerprint density at radius 1 is 1.27 bits per heavy atom. The van der Waals surface area contributed by atoms with Crippen LogP contribution in [0.3, 0.4) is 0 Å². The molecule has 1 atom stereocenters.